The number of halogens is 1. The molecule has 3 nitrogen and oxygen atoms in total. The monoisotopic (exact) mass is 174 g/mol. The summed E-state index contributed by atoms with van der Waals surface area (Å²) in [7, 11) is 1.68. The van der Waals surface area contributed by atoms with Crippen molar-refractivity contribution >= 4 is 11.6 Å². The molecule has 0 aromatic carbocycles. The molecular weight excluding hydrogens is 164 g/mol. The molecule has 0 N–H and O–H groups in total. The Bertz CT molecular complexity index is 212. The van der Waals surface area contributed by atoms with E-state index in [9.17, 15) is 0 Å². The average molecular weight is 175 g/mol. The molecule has 0 unspecified atom stereocenters. The Kier molecular flexibility index (Phi) is 3.39. The van der Waals surface area contributed by atoms with Gasteiger partial charge < -0.3 is 9.30 Å². The lowest BCUT2D eigenvalue weighted by Crippen LogP contribution is -2.05. The number of alkyl halides is 1. The molecule has 1 heterocycles. The van der Waals surface area contributed by atoms with E-state index in [1.54, 1.807) is 19.6 Å². The van der Waals surface area contributed by atoms with Crippen LogP contribution in [0.15, 0.2) is 12.5 Å². The Morgan fingerprint density at radius 1 is 1.73 bits per heavy atom. The Hall–Kier alpha value is -0.540. The van der Waals surface area contributed by atoms with E-state index >= 15 is 0 Å². The van der Waals surface area contributed by atoms with Crippen molar-refractivity contribution in [3.8, 4) is 0 Å². The first-order valence-electron chi connectivity index (χ1n) is 3.42. The Morgan fingerprint density at radius 2 is 2.55 bits per heavy atom. The maximum Gasteiger partial charge on any atom is 0.0949 e. The average Bonchev–Trinajstić information content (AvgIpc) is 2.47. The summed E-state index contributed by atoms with van der Waals surface area (Å²) in [6.07, 6.45) is 3.53. The van der Waals surface area contributed by atoms with Gasteiger partial charge in [-0.25, -0.2) is 4.98 Å². The number of aromatic nitrogens is 2. The number of nitrogens with zero attached hydrogens (tertiary/aromatic N) is 2. The van der Waals surface area contributed by atoms with Crippen LogP contribution in [0.2, 0.25) is 0 Å². The summed E-state index contributed by atoms with van der Waals surface area (Å²) in [4.78, 5) is 3.97. The normalized spacial score (nSPS) is 10.4. The minimum Gasteiger partial charge on any atom is -0.383 e. The van der Waals surface area contributed by atoms with Gasteiger partial charge in [-0.1, -0.05) is 0 Å². The van der Waals surface area contributed by atoms with Crippen LogP contribution >= 0.6 is 11.6 Å². The fourth-order valence-corrected chi connectivity index (χ4v) is 1.07. The standard InChI is InChI=1S/C7H11ClN2O/c1-11-3-2-10-6-9-5-7(10)4-8/h5-6H,2-4H2,1H3. The fourth-order valence-electron chi connectivity index (χ4n) is 0.850. The molecule has 0 spiro atoms. The maximum atomic E-state index is 5.65. The molecule has 11 heavy (non-hydrogen) atoms. The third-order valence-corrected chi connectivity index (χ3v) is 1.75. The highest BCUT2D eigenvalue weighted by molar-refractivity contribution is 6.16. The van der Waals surface area contributed by atoms with Gasteiger partial charge in [0.25, 0.3) is 0 Å². The second-order valence-electron chi connectivity index (χ2n) is 2.20. The van der Waals surface area contributed by atoms with Gasteiger partial charge in [-0.15, -0.1) is 11.6 Å². The number of imidazole rings is 1. The molecule has 0 bridgehead atoms. The SMILES string of the molecule is COCCn1cncc1CCl. The molecule has 0 radical (unpaired) electrons. The lowest BCUT2D eigenvalue weighted by Gasteiger charge is -2.03. The van der Waals surface area contributed by atoms with Crippen LogP contribution in [0.25, 0.3) is 0 Å². The minimum absolute atomic E-state index is 0.504. The van der Waals surface area contributed by atoms with Crippen molar-refractivity contribution in [2.75, 3.05) is 13.7 Å². The second kappa shape index (κ2) is 4.36. The van der Waals surface area contributed by atoms with Gasteiger partial charge in [-0.2, -0.15) is 0 Å². The zero-order valence-electron chi connectivity index (χ0n) is 6.46. The molecule has 0 saturated carbocycles. The van der Waals surface area contributed by atoms with Crippen LogP contribution in [0.1, 0.15) is 5.69 Å². The van der Waals surface area contributed by atoms with E-state index in [0.717, 1.165) is 12.2 Å². The molecule has 0 aliphatic rings. The van der Waals surface area contributed by atoms with Gasteiger partial charge in [0.05, 0.1) is 24.5 Å². The number of hydrogen-bond donors (Lipinski definition) is 0. The zero-order valence-corrected chi connectivity index (χ0v) is 7.21. The van der Waals surface area contributed by atoms with Gasteiger partial charge in [0.2, 0.25) is 0 Å². The largest absolute Gasteiger partial charge is 0.383 e. The predicted molar refractivity (Wildman–Crippen MR) is 43.7 cm³/mol. The van der Waals surface area contributed by atoms with Crippen LogP contribution in [0, 0.1) is 0 Å². The van der Waals surface area contributed by atoms with Crippen molar-refractivity contribution in [1.82, 2.24) is 9.55 Å². The third kappa shape index (κ3) is 2.20. The maximum absolute atomic E-state index is 5.65. The smallest absolute Gasteiger partial charge is 0.0949 e. The van der Waals surface area contributed by atoms with Gasteiger partial charge >= 0.3 is 0 Å². The van der Waals surface area contributed by atoms with E-state index < -0.39 is 0 Å². The summed E-state index contributed by atoms with van der Waals surface area (Å²) in [5.74, 6) is 0.504. The molecule has 0 amide bonds. The van der Waals surface area contributed by atoms with Crippen molar-refractivity contribution in [1.29, 1.82) is 0 Å². The Morgan fingerprint density at radius 3 is 3.18 bits per heavy atom. The molecule has 0 atom stereocenters. The van der Waals surface area contributed by atoms with E-state index in [1.807, 2.05) is 4.57 Å². The first-order chi connectivity index (χ1) is 5.38. The molecule has 1 aromatic rings. The molecule has 1 rings (SSSR count). The molecular formula is C7H11ClN2O. The molecule has 0 saturated heterocycles. The van der Waals surface area contributed by atoms with Crippen molar-refractivity contribution in [3.63, 3.8) is 0 Å². The molecule has 62 valence electrons. The Labute approximate surface area is 70.9 Å². The van der Waals surface area contributed by atoms with Crippen molar-refractivity contribution in [2.45, 2.75) is 12.4 Å². The van der Waals surface area contributed by atoms with Crippen molar-refractivity contribution < 1.29 is 4.74 Å². The lowest BCUT2D eigenvalue weighted by atomic mass is 10.5. The van der Waals surface area contributed by atoms with Gasteiger partial charge in [0.1, 0.15) is 0 Å². The molecule has 1 aromatic heterocycles. The van der Waals surface area contributed by atoms with Crippen LogP contribution in [0.3, 0.4) is 0 Å². The highest BCUT2D eigenvalue weighted by Crippen LogP contribution is 2.02. The number of hydrogen-bond acceptors (Lipinski definition) is 2. The van der Waals surface area contributed by atoms with Crippen LogP contribution < -0.4 is 0 Å². The first-order valence-corrected chi connectivity index (χ1v) is 3.96. The quantitative estimate of drug-likeness (QED) is 0.643. The summed E-state index contributed by atoms with van der Waals surface area (Å²) in [6.45, 7) is 1.51. The number of rotatable bonds is 4. The highest BCUT2D eigenvalue weighted by Gasteiger charge is 1.98. The Balaban J connectivity index is 2.54. The van der Waals surface area contributed by atoms with Gasteiger partial charge in [-0.05, 0) is 0 Å². The van der Waals surface area contributed by atoms with Gasteiger partial charge in [-0.3, -0.25) is 0 Å². The van der Waals surface area contributed by atoms with E-state index in [2.05, 4.69) is 4.98 Å². The summed E-state index contributed by atoms with van der Waals surface area (Å²) in [6, 6.07) is 0. The molecule has 0 aliphatic carbocycles. The summed E-state index contributed by atoms with van der Waals surface area (Å²) in [5, 5.41) is 0. The molecule has 0 fully saturated rings. The predicted octanol–water partition coefficient (Wildman–Crippen LogP) is 1.27. The fraction of sp³-hybridized carbons (Fsp3) is 0.571. The van der Waals surface area contributed by atoms with E-state index in [4.69, 9.17) is 16.3 Å². The third-order valence-electron chi connectivity index (χ3n) is 1.47. The molecule has 0 aliphatic heterocycles. The van der Waals surface area contributed by atoms with Crippen molar-refractivity contribution in [2.24, 2.45) is 0 Å². The topological polar surface area (TPSA) is 27.1 Å². The summed E-state index contributed by atoms with van der Waals surface area (Å²) in [5.41, 5.74) is 1.03. The van der Waals surface area contributed by atoms with Crippen molar-refractivity contribution in [3.05, 3.63) is 18.2 Å². The van der Waals surface area contributed by atoms with Crippen LogP contribution in [-0.2, 0) is 17.2 Å². The highest BCUT2D eigenvalue weighted by atomic mass is 35.5. The second-order valence-corrected chi connectivity index (χ2v) is 2.47. The summed E-state index contributed by atoms with van der Waals surface area (Å²) >= 11 is 5.65. The lowest BCUT2D eigenvalue weighted by molar-refractivity contribution is 0.186. The van der Waals surface area contributed by atoms with Crippen LogP contribution in [-0.4, -0.2) is 23.3 Å². The molecule has 4 heteroatoms. The van der Waals surface area contributed by atoms with Gasteiger partial charge in [0.15, 0.2) is 0 Å². The number of methoxy groups -OCH3 is 1. The summed E-state index contributed by atoms with van der Waals surface area (Å²) < 4.78 is 6.91. The van der Waals surface area contributed by atoms with E-state index in [1.165, 1.54) is 0 Å². The van der Waals surface area contributed by atoms with Gasteiger partial charge in [0, 0.05) is 19.9 Å². The number of ether oxygens (including phenoxy) is 1. The van der Waals surface area contributed by atoms with E-state index in [0.29, 0.717) is 12.5 Å². The minimum atomic E-state index is 0.504. The zero-order chi connectivity index (χ0) is 8.10. The first kappa shape index (κ1) is 8.56. The van der Waals surface area contributed by atoms with E-state index in [-0.39, 0.29) is 0 Å². The van der Waals surface area contributed by atoms with Crippen LogP contribution in [0.5, 0.6) is 0 Å². The van der Waals surface area contributed by atoms with Crippen LogP contribution in [0.4, 0.5) is 0 Å².